The van der Waals surface area contributed by atoms with Gasteiger partial charge in [-0.1, -0.05) is 185 Å². The summed E-state index contributed by atoms with van der Waals surface area (Å²) >= 11 is 0. The van der Waals surface area contributed by atoms with Gasteiger partial charge in [-0.25, -0.2) is 0 Å². The van der Waals surface area contributed by atoms with E-state index in [-0.39, 0.29) is 56.9 Å². The van der Waals surface area contributed by atoms with Crippen molar-refractivity contribution >= 4 is 53.6 Å². The summed E-state index contributed by atoms with van der Waals surface area (Å²) in [6, 6.07) is 54.7. The van der Waals surface area contributed by atoms with Gasteiger partial charge in [0, 0.05) is 11.8 Å². The molecular formula is C43H31Cl2SiZr. The molecule has 0 N–H and O–H groups in total. The minimum absolute atomic E-state index is 0. The summed E-state index contributed by atoms with van der Waals surface area (Å²) in [6.45, 7) is 0. The van der Waals surface area contributed by atoms with Gasteiger partial charge in [-0.15, -0.1) is 33.7 Å². The molecule has 47 heavy (non-hydrogen) atoms. The molecule has 7 aromatic rings. The zero-order valence-electron chi connectivity index (χ0n) is 25.7. The molecule has 4 heteroatoms. The fourth-order valence-corrected chi connectivity index (χ4v) is 7.97. The van der Waals surface area contributed by atoms with Gasteiger partial charge < -0.3 is 24.8 Å². The van der Waals surface area contributed by atoms with Crippen molar-refractivity contribution in [3.05, 3.63) is 197 Å². The molecule has 7 aromatic carbocycles. The van der Waals surface area contributed by atoms with Crippen LogP contribution in [0.5, 0.6) is 0 Å². The third kappa shape index (κ3) is 6.85. The van der Waals surface area contributed by atoms with E-state index in [0.717, 1.165) is 9.52 Å². The van der Waals surface area contributed by atoms with Crippen LogP contribution in [0.2, 0.25) is 0 Å². The predicted molar refractivity (Wildman–Crippen MR) is 190 cm³/mol. The number of hydrogen-bond donors (Lipinski definition) is 0. The van der Waals surface area contributed by atoms with Crippen LogP contribution in [0, 0.1) is 0 Å². The van der Waals surface area contributed by atoms with Crippen LogP contribution in [0.15, 0.2) is 164 Å². The SMILES string of the molecule is C1=CC(c2ccc3c([cH-]c4ccccc43)c2C2C=Cc3ccccc32)c2ccccc21.[Cl-].[Cl-].[Zr+3].c1ccc([Si]c2ccccc2)cc1. The second-order valence-corrected chi connectivity index (χ2v) is 13.0. The molecule has 0 fully saturated rings. The number of fused-ring (bicyclic) bond motifs is 5. The maximum absolute atomic E-state index is 2.41. The van der Waals surface area contributed by atoms with Gasteiger partial charge >= 0.3 is 26.2 Å². The molecule has 3 radical (unpaired) electrons. The van der Waals surface area contributed by atoms with Gasteiger partial charge in [0.25, 0.3) is 0 Å². The second kappa shape index (κ2) is 15.5. The van der Waals surface area contributed by atoms with Gasteiger partial charge in [0.05, 0.1) is 0 Å². The molecule has 0 aromatic heterocycles. The number of allylic oxidation sites excluding steroid dienone is 2. The Bertz CT molecular complexity index is 2130. The van der Waals surface area contributed by atoms with Crippen molar-refractivity contribution in [3.63, 3.8) is 0 Å². The van der Waals surface area contributed by atoms with Crippen LogP contribution in [0.25, 0.3) is 33.7 Å². The third-order valence-corrected chi connectivity index (χ3v) is 10.2. The van der Waals surface area contributed by atoms with Crippen molar-refractivity contribution in [2.24, 2.45) is 0 Å². The molecule has 2 aliphatic rings. The van der Waals surface area contributed by atoms with E-state index in [9.17, 15) is 0 Å². The van der Waals surface area contributed by atoms with Crippen molar-refractivity contribution in [3.8, 4) is 0 Å². The standard InChI is InChI=1S/C31H21.C12H10Si.2ClH.Zr/c1-4-10-23-20(7-1)13-15-26(23)29-18-17-27-25-12-6-3-9-22(25)19-30(27)31(29)28-16-14-21-8-2-5-11-24(21)28;1-3-7-11(8-4-1)13-12-9-5-2-6-10-12;;;/h1-19,26,28H;1-10H;2*1H;/q-1;;;;+3/p-2. The maximum atomic E-state index is 2.41. The first kappa shape index (κ1) is 34.7. The molecule has 0 spiro atoms. The van der Waals surface area contributed by atoms with Gasteiger partial charge in [0.15, 0.2) is 0 Å². The van der Waals surface area contributed by atoms with Gasteiger partial charge in [-0.2, -0.15) is 0 Å². The minimum atomic E-state index is 0. The van der Waals surface area contributed by atoms with E-state index in [1.54, 1.807) is 0 Å². The minimum Gasteiger partial charge on any atom is -1.00 e. The van der Waals surface area contributed by atoms with E-state index in [2.05, 4.69) is 176 Å². The summed E-state index contributed by atoms with van der Waals surface area (Å²) < 4.78 is 0. The van der Waals surface area contributed by atoms with Crippen LogP contribution < -0.4 is 35.2 Å². The Balaban J connectivity index is 0.000000232. The molecule has 2 unspecified atom stereocenters. The Labute approximate surface area is 311 Å². The van der Waals surface area contributed by atoms with Crippen molar-refractivity contribution in [1.29, 1.82) is 0 Å². The van der Waals surface area contributed by atoms with Gasteiger partial charge in [0.1, 0.15) is 9.52 Å². The molecule has 0 saturated carbocycles. The van der Waals surface area contributed by atoms with Crippen LogP contribution in [0.1, 0.15) is 45.2 Å². The third-order valence-electron chi connectivity index (χ3n) is 8.95. The van der Waals surface area contributed by atoms with E-state index in [1.807, 2.05) is 0 Å². The molecule has 225 valence electrons. The van der Waals surface area contributed by atoms with E-state index >= 15 is 0 Å². The van der Waals surface area contributed by atoms with Crippen molar-refractivity contribution in [1.82, 2.24) is 0 Å². The molecule has 0 bridgehead atoms. The largest absolute Gasteiger partial charge is 3.00 e. The first-order valence-corrected chi connectivity index (χ1v) is 16.4. The predicted octanol–water partition coefficient (Wildman–Crippen LogP) is 3.38. The fourth-order valence-electron chi connectivity index (χ4n) is 6.92. The molecule has 0 aliphatic heterocycles. The summed E-state index contributed by atoms with van der Waals surface area (Å²) in [5.41, 5.74) is 8.39. The Hall–Kier alpha value is -3.65. The van der Waals surface area contributed by atoms with E-state index < -0.39 is 0 Å². The zero-order chi connectivity index (χ0) is 29.3. The first-order chi connectivity index (χ1) is 21.8. The maximum Gasteiger partial charge on any atom is 3.00 e. The van der Waals surface area contributed by atoms with Gasteiger partial charge in [0.2, 0.25) is 0 Å². The van der Waals surface area contributed by atoms with Crippen molar-refractivity contribution in [2.75, 3.05) is 0 Å². The molecule has 0 nitrogen and oxygen atoms in total. The molecule has 0 amide bonds. The van der Waals surface area contributed by atoms with E-state index in [0.29, 0.717) is 5.92 Å². The Morgan fingerprint density at radius 3 is 1.60 bits per heavy atom. The van der Waals surface area contributed by atoms with E-state index in [4.69, 9.17) is 0 Å². The Kier molecular flexibility index (Phi) is 11.4. The van der Waals surface area contributed by atoms with Crippen molar-refractivity contribution in [2.45, 2.75) is 11.8 Å². The number of rotatable bonds is 4. The summed E-state index contributed by atoms with van der Waals surface area (Å²) in [5.74, 6) is 0.586. The Morgan fingerprint density at radius 1 is 0.447 bits per heavy atom. The number of hydrogen-bond acceptors (Lipinski definition) is 0. The van der Waals surface area contributed by atoms with Gasteiger partial charge in [-0.3, -0.25) is 0 Å². The quantitative estimate of drug-likeness (QED) is 0.192. The average Bonchev–Trinajstić information content (AvgIpc) is 3.81. The van der Waals surface area contributed by atoms with Crippen LogP contribution >= 0.6 is 0 Å². The molecule has 0 saturated heterocycles. The van der Waals surface area contributed by atoms with Gasteiger partial charge in [-0.05, 0) is 22.3 Å². The molecule has 2 atom stereocenters. The molecule has 9 rings (SSSR count). The molecule has 0 heterocycles. The van der Waals surface area contributed by atoms with Crippen LogP contribution in [0.4, 0.5) is 0 Å². The topological polar surface area (TPSA) is 0 Å². The van der Waals surface area contributed by atoms with Crippen LogP contribution in [-0.2, 0) is 26.2 Å². The fraction of sp³-hybridized carbons (Fsp3) is 0.0465. The summed E-state index contributed by atoms with van der Waals surface area (Å²) in [7, 11) is 0.777. The first-order valence-electron chi connectivity index (χ1n) is 15.4. The molecular weight excluding hydrogens is 707 g/mol. The van der Waals surface area contributed by atoms with E-state index in [1.165, 1.54) is 65.3 Å². The summed E-state index contributed by atoms with van der Waals surface area (Å²) in [5, 5.41) is 8.23. The molecule has 2 aliphatic carbocycles. The van der Waals surface area contributed by atoms with Crippen LogP contribution in [0.3, 0.4) is 0 Å². The normalized spacial score (nSPS) is 15.1. The monoisotopic (exact) mass is 735 g/mol. The second-order valence-electron chi connectivity index (χ2n) is 11.5. The van der Waals surface area contributed by atoms with Crippen LogP contribution in [-0.4, -0.2) is 9.52 Å². The summed E-state index contributed by atoms with van der Waals surface area (Å²) in [6.07, 6.45) is 9.35. The number of halogens is 2. The average molecular weight is 738 g/mol. The summed E-state index contributed by atoms with van der Waals surface area (Å²) in [4.78, 5) is 0. The smallest absolute Gasteiger partial charge is 1.00 e. The number of benzene rings is 6. The Morgan fingerprint density at radius 2 is 0.957 bits per heavy atom. The zero-order valence-corrected chi connectivity index (χ0v) is 30.6. The van der Waals surface area contributed by atoms with Crippen molar-refractivity contribution < 1.29 is 51.0 Å².